The molecular weight excluding hydrogens is 409 g/mol. The van der Waals surface area contributed by atoms with Gasteiger partial charge in [-0.05, 0) is 44.6 Å². The summed E-state index contributed by atoms with van der Waals surface area (Å²) in [5, 5.41) is 25.5. The maximum Gasteiger partial charge on any atom is 0.417 e. The summed E-state index contributed by atoms with van der Waals surface area (Å²) in [6.07, 6.45) is 0.760. The molecule has 0 radical (unpaired) electrons. The van der Waals surface area contributed by atoms with E-state index < -0.39 is 17.7 Å². The number of nitriles is 1. The Morgan fingerprint density at radius 1 is 1.23 bits per heavy atom. The highest BCUT2D eigenvalue weighted by atomic mass is 19.4. The number of nitrogens with zero attached hydrogens (tertiary/aromatic N) is 4. The van der Waals surface area contributed by atoms with E-state index in [9.17, 15) is 23.5 Å². The van der Waals surface area contributed by atoms with Crippen LogP contribution in [-0.2, 0) is 6.18 Å². The van der Waals surface area contributed by atoms with Crippen molar-refractivity contribution in [2.24, 2.45) is 5.92 Å². The van der Waals surface area contributed by atoms with Crippen LogP contribution in [0.1, 0.15) is 60.9 Å². The van der Waals surface area contributed by atoms with Crippen molar-refractivity contribution in [3.05, 3.63) is 40.8 Å². The number of hydrogen-bond acceptors (Lipinski definition) is 7. The third kappa shape index (κ3) is 4.42. The van der Waals surface area contributed by atoms with Gasteiger partial charge in [0, 0.05) is 30.3 Å². The van der Waals surface area contributed by atoms with Crippen molar-refractivity contribution in [2.75, 3.05) is 17.2 Å². The number of nitrogens with one attached hydrogen (secondary N) is 2. The standard InChI is InChI=1S/C21H23F3N6O/c1-11(12-2-4-15(31)5-3-12)29-20-28-8-13(7-25)18(30-20)17-10-27-19-16(17)6-14(9-26-19)21(22,23)24/h6,8-9,11-12,15,17,31H,2-5,10H2,1H3,(H,26,27)(H,28,29,30)/t11-,12-,15+,17?/m1/s1. The van der Waals surface area contributed by atoms with Gasteiger partial charge >= 0.3 is 6.18 Å². The average Bonchev–Trinajstić information content (AvgIpc) is 3.16. The molecule has 3 N–H and O–H groups in total. The van der Waals surface area contributed by atoms with Gasteiger partial charge in [0.05, 0.1) is 29.1 Å². The normalized spacial score (nSPS) is 24.1. The van der Waals surface area contributed by atoms with Gasteiger partial charge in [0.15, 0.2) is 0 Å². The van der Waals surface area contributed by atoms with Crippen molar-refractivity contribution in [2.45, 2.75) is 56.8 Å². The highest BCUT2D eigenvalue weighted by Crippen LogP contribution is 2.39. The van der Waals surface area contributed by atoms with Crippen LogP contribution in [0.5, 0.6) is 0 Å². The zero-order valence-corrected chi connectivity index (χ0v) is 16.9. The first kappa shape index (κ1) is 21.3. The number of halogens is 3. The third-order valence-electron chi connectivity index (χ3n) is 6.17. The first-order valence-corrected chi connectivity index (χ1v) is 10.3. The molecule has 10 heteroatoms. The van der Waals surface area contributed by atoms with Gasteiger partial charge in [0.1, 0.15) is 11.9 Å². The SMILES string of the molecule is C[C@@H](Nc1ncc(C#N)c(C2CNc3ncc(C(F)(F)F)cc32)n1)[C@H]1CC[C@@H](O)CC1. The van der Waals surface area contributed by atoms with Crippen LogP contribution in [-0.4, -0.2) is 38.7 Å². The van der Waals surface area contributed by atoms with Crippen molar-refractivity contribution in [1.29, 1.82) is 5.26 Å². The lowest BCUT2D eigenvalue weighted by Gasteiger charge is -2.30. The highest BCUT2D eigenvalue weighted by Gasteiger charge is 2.36. The van der Waals surface area contributed by atoms with Crippen LogP contribution in [0.25, 0.3) is 0 Å². The van der Waals surface area contributed by atoms with Crippen LogP contribution in [0, 0.1) is 17.2 Å². The second-order valence-electron chi connectivity index (χ2n) is 8.20. The van der Waals surface area contributed by atoms with Crippen molar-refractivity contribution in [1.82, 2.24) is 15.0 Å². The van der Waals surface area contributed by atoms with Crippen LogP contribution < -0.4 is 10.6 Å². The molecule has 3 heterocycles. The minimum atomic E-state index is -4.51. The van der Waals surface area contributed by atoms with E-state index in [1.165, 1.54) is 6.20 Å². The number of alkyl halides is 3. The minimum absolute atomic E-state index is 0.0563. The van der Waals surface area contributed by atoms with Crippen molar-refractivity contribution in [3.8, 4) is 6.07 Å². The van der Waals surface area contributed by atoms with E-state index in [-0.39, 0.29) is 17.7 Å². The van der Waals surface area contributed by atoms with Crippen molar-refractivity contribution in [3.63, 3.8) is 0 Å². The van der Waals surface area contributed by atoms with E-state index in [1.807, 2.05) is 13.0 Å². The van der Waals surface area contributed by atoms with Gasteiger partial charge in [-0.2, -0.15) is 18.4 Å². The summed E-state index contributed by atoms with van der Waals surface area (Å²) < 4.78 is 39.5. The van der Waals surface area contributed by atoms with Crippen LogP contribution in [0.15, 0.2) is 18.5 Å². The fourth-order valence-corrected chi connectivity index (χ4v) is 4.34. The molecule has 2 atom stereocenters. The molecule has 1 fully saturated rings. The predicted octanol–water partition coefficient (Wildman–Crippen LogP) is 3.67. The van der Waals surface area contributed by atoms with E-state index in [0.717, 1.165) is 37.9 Å². The molecule has 0 spiro atoms. The van der Waals surface area contributed by atoms with Crippen LogP contribution in [0.4, 0.5) is 24.9 Å². The number of hydrogen-bond donors (Lipinski definition) is 3. The number of rotatable bonds is 4. The van der Waals surface area contributed by atoms with Crippen LogP contribution in [0.2, 0.25) is 0 Å². The van der Waals surface area contributed by atoms with Gasteiger partial charge in [-0.1, -0.05) is 0 Å². The van der Waals surface area contributed by atoms with Gasteiger partial charge < -0.3 is 15.7 Å². The van der Waals surface area contributed by atoms with Crippen LogP contribution >= 0.6 is 0 Å². The largest absolute Gasteiger partial charge is 0.417 e. The van der Waals surface area contributed by atoms with Crippen LogP contribution in [0.3, 0.4) is 0 Å². The number of anilines is 2. The topological polar surface area (TPSA) is 107 Å². The van der Waals surface area contributed by atoms with E-state index in [0.29, 0.717) is 35.5 Å². The minimum Gasteiger partial charge on any atom is -0.393 e. The Bertz CT molecular complexity index is 998. The molecule has 164 valence electrons. The number of fused-ring (bicyclic) bond motifs is 1. The number of aliphatic hydroxyl groups excluding tert-OH is 1. The van der Waals surface area contributed by atoms with Crippen molar-refractivity contribution < 1.29 is 18.3 Å². The molecule has 2 aromatic rings. The molecule has 0 bridgehead atoms. The second-order valence-corrected chi connectivity index (χ2v) is 8.20. The summed E-state index contributed by atoms with van der Waals surface area (Å²) >= 11 is 0. The zero-order valence-electron chi connectivity index (χ0n) is 16.9. The molecule has 31 heavy (non-hydrogen) atoms. The molecule has 1 aliphatic heterocycles. The van der Waals surface area contributed by atoms with Gasteiger partial charge in [-0.25, -0.2) is 15.0 Å². The smallest absolute Gasteiger partial charge is 0.393 e. The fourth-order valence-electron chi connectivity index (χ4n) is 4.34. The quantitative estimate of drug-likeness (QED) is 0.677. The molecule has 7 nitrogen and oxygen atoms in total. The molecule has 0 amide bonds. The average molecular weight is 432 g/mol. The zero-order chi connectivity index (χ0) is 22.2. The van der Waals surface area contributed by atoms with Gasteiger partial charge in [-0.3, -0.25) is 0 Å². The molecular formula is C21H23F3N6O. The van der Waals surface area contributed by atoms with E-state index in [4.69, 9.17) is 0 Å². The molecule has 4 rings (SSSR count). The monoisotopic (exact) mass is 432 g/mol. The van der Waals surface area contributed by atoms with E-state index >= 15 is 0 Å². The number of aliphatic hydroxyl groups is 1. The first-order chi connectivity index (χ1) is 14.8. The maximum absolute atomic E-state index is 13.2. The lowest BCUT2D eigenvalue weighted by Crippen LogP contribution is -2.31. The lowest BCUT2D eigenvalue weighted by molar-refractivity contribution is -0.137. The summed E-state index contributed by atoms with van der Waals surface area (Å²) in [7, 11) is 0. The molecule has 2 aromatic heterocycles. The highest BCUT2D eigenvalue weighted by molar-refractivity contribution is 5.58. The van der Waals surface area contributed by atoms with Crippen molar-refractivity contribution >= 4 is 11.8 Å². The summed E-state index contributed by atoms with van der Waals surface area (Å²) in [6.45, 7) is 2.32. The first-order valence-electron chi connectivity index (χ1n) is 10.3. The van der Waals surface area contributed by atoms with Gasteiger partial charge in [-0.15, -0.1) is 0 Å². The Kier molecular flexibility index (Phi) is 5.71. The maximum atomic E-state index is 13.2. The summed E-state index contributed by atoms with van der Waals surface area (Å²) in [4.78, 5) is 12.7. The molecule has 1 unspecified atom stereocenters. The van der Waals surface area contributed by atoms with E-state index in [1.54, 1.807) is 0 Å². The Morgan fingerprint density at radius 3 is 2.65 bits per heavy atom. The number of aromatic nitrogens is 3. The molecule has 2 aliphatic rings. The summed E-state index contributed by atoms with van der Waals surface area (Å²) in [6, 6.07) is 3.17. The molecule has 0 saturated heterocycles. The lowest BCUT2D eigenvalue weighted by atomic mass is 9.83. The fraction of sp³-hybridized carbons (Fsp3) is 0.524. The Hall–Kier alpha value is -2.93. The van der Waals surface area contributed by atoms with E-state index in [2.05, 4.69) is 25.6 Å². The molecule has 1 aliphatic carbocycles. The summed E-state index contributed by atoms with van der Waals surface area (Å²) in [5.41, 5.74) is 0.124. The third-order valence-corrected chi connectivity index (χ3v) is 6.17. The predicted molar refractivity (Wildman–Crippen MR) is 107 cm³/mol. The van der Waals surface area contributed by atoms with Gasteiger partial charge in [0.2, 0.25) is 5.95 Å². The Balaban J connectivity index is 1.61. The number of pyridine rings is 1. The molecule has 1 saturated carbocycles. The van der Waals surface area contributed by atoms with Gasteiger partial charge in [0.25, 0.3) is 0 Å². The second kappa shape index (κ2) is 8.30. The molecule has 0 aromatic carbocycles. The Labute approximate surface area is 177 Å². The Morgan fingerprint density at radius 2 is 1.97 bits per heavy atom. The summed E-state index contributed by atoms with van der Waals surface area (Å²) in [5.74, 6) is 0.520.